The summed E-state index contributed by atoms with van der Waals surface area (Å²) < 4.78 is 0. The smallest absolute Gasteiger partial charge is 0.237 e. The van der Waals surface area contributed by atoms with E-state index in [2.05, 4.69) is 15.3 Å². The highest BCUT2D eigenvalue weighted by atomic mass is 32.2. The van der Waals surface area contributed by atoms with Crippen molar-refractivity contribution in [2.75, 3.05) is 5.32 Å². The van der Waals surface area contributed by atoms with Crippen LogP contribution in [0.1, 0.15) is 6.92 Å². The van der Waals surface area contributed by atoms with Gasteiger partial charge in [-0.25, -0.2) is 9.97 Å². The summed E-state index contributed by atoms with van der Waals surface area (Å²) in [5, 5.41) is 5.45. The summed E-state index contributed by atoms with van der Waals surface area (Å²) in [6.45, 7) is 1.85. The Morgan fingerprint density at radius 2 is 1.77 bits per heavy atom. The van der Waals surface area contributed by atoms with Crippen molar-refractivity contribution in [3.63, 3.8) is 0 Å². The summed E-state index contributed by atoms with van der Waals surface area (Å²) in [5.74, 6) is -0.0613. The molecule has 1 aromatic heterocycles. The second-order valence-electron chi connectivity index (χ2n) is 4.81. The van der Waals surface area contributed by atoms with E-state index in [0.717, 1.165) is 16.5 Å². The average Bonchev–Trinajstić information content (AvgIpc) is 2.56. The summed E-state index contributed by atoms with van der Waals surface area (Å²) in [6.07, 6.45) is 3.34. The van der Waals surface area contributed by atoms with Gasteiger partial charge in [-0.15, -0.1) is 0 Å². The maximum Gasteiger partial charge on any atom is 0.237 e. The van der Waals surface area contributed by atoms with Crippen molar-refractivity contribution in [1.82, 2.24) is 9.97 Å². The third kappa shape index (κ3) is 3.26. The normalized spacial score (nSPS) is 12.0. The zero-order chi connectivity index (χ0) is 15.4. The number of fused-ring (bicyclic) bond motifs is 1. The molecule has 0 unspecified atom stereocenters. The number of benzene rings is 2. The molecule has 1 amide bonds. The number of thioether (sulfide) groups is 1. The lowest BCUT2D eigenvalue weighted by molar-refractivity contribution is -0.115. The van der Waals surface area contributed by atoms with Crippen molar-refractivity contribution < 1.29 is 4.79 Å². The van der Waals surface area contributed by atoms with Gasteiger partial charge in [0.15, 0.2) is 5.16 Å². The molecule has 3 aromatic rings. The van der Waals surface area contributed by atoms with Gasteiger partial charge in [-0.2, -0.15) is 0 Å². The first-order chi connectivity index (χ1) is 10.7. The molecule has 0 saturated heterocycles. The van der Waals surface area contributed by atoms with E-state index in [-0.39, 0.29) is 11.2 Å². The van der Waals surface area contributed by atoms with E-state index in [9.17, 15) is 4.79 Å². The molecule has 2 aromatic carbocycles. The summed E-state index contributed by atoms with van der Waals surface area (Å²) in [7, 11) is 0. The number of hydrogen-bond donors (Lipinski definition) is 1. The van der Waals surface area contributed by atoms with Crippen LogP contribution >= 0.6 is 11.8 Å². The number of hydrogen-bond acceptors (Lipinski definition) is 4. The van der Waals surface area contributed by atoms with Crippen LogP contribution in [0, 0.1) is 0 Å². The second kappa shape index (κ2) is 6.58. The molecule has 0 saturated carbocycles. The number of rotatable bonds is 4. The van der Waals surface area contributed by atoms with Crippen LogP contribution in [0.15, 0.2) is 66.1 Å². The number of carbonyl (C=O) groups is 1. The maximum absolute atomic E-state index is 12.4. The Bertz CT molecular complexity index is 787. The van der Waals surface area contributed by atoms with Gasteiger partial charge in [-0.3, -0.25) is 4.79 Å². The third-order valence-electron chi connectivity index (χ3n) is 3.24. The van der Waals surface area contributed by atoms with Gasteiger partial charge < -0.3 is 5.32 Å². The minimum absolute atomic E-state index is 0.0613. The molecule has 110 valence electrons. The molecule has 1 atom stereocenters. The molecule has 5 heteroatoms. The van der Waals surface area contributed by atoms with Crippen molar-refractivity contribution in [2.24, 2.45) is 0 Å². The van der Waals surface area contributed by atoms with Crippen molar-refractivity contribution in [3.8, 4) is 0 Å². The number of amides is 1. The minimum Gasteiger partial charge on any atom is -0.325 e. The molecule has 0 spiro atoms. The summed E-state index contributed by atoms with van der Waals surface area (Å²) in [4.78, 5) is 20.6. The topological polar surface area (TPSA) is 54.9 Å². The molecule has 0 aliphatic carbocycles. The molecular weight excluding hydrogens is 294 g/mol. The minimum atomic E-state index is -0.277. The Morgan fingerprint density at radius 3 is 2.59 bits per heavy atom. The molecule has 0 fully saturated rings. The molecular formula is C17H15N3OS. The quantitative estimate of drug-likeness (QED) is 0.589. The van der Waals surface area contributed by atoms with Crippen LogP contribution in [0.3, 0.4) is 0 Å². The zero-order valence-corrected chi connectivity index (χ0v) is 12.9. The van der Waals surface area contributed by atoms with E-state index in [4.69, 9.17) is 0 Å². The summed E-state index contributed by atoms with van der Waals surface area (Å²) in [6, 6.07) is 15.6. The lowest BCUT2D eigenvalue weighted by atomic mass is 10.1. The van der Waals surface area contributed by atoms with Crippen LogP contribution in [0.4, 0.5) is 5.69 Å². The Balaban J connectivity index is 1.75. The van der Waals surface area contributed by atoms with Crippen molar-refractivity contribution in [1.29, 1.82) is 0 Å². The maximum atomic E-state index is 12.4. The number of anilines is 1. The van der Waals surface area contributed by atoms with Crippen molar-refractivity contribution in [2.45, 2.75) is 17.3 Å². The standard InChI is InChI=1S/C17H15N3OS/c1-12(22-17-18-10-5-11-19-17)16(21)20-15-9-4-7-13-6-2-3-8-14(13)15/h2-12H,1H3,(H,20,21)/t12-/m1/s1. The Kier molecular flexibility index (Phi) is 4.34. The van der Waals surface area contributed by atoms with Crippen LogP contribution in [0.5, 0.6) is 0 Å². The van der Waals surface area contributed by atoms with Gasteiger partial charge in [0.1, 0.15) is 0 Å². The van der Waals surface area contributed by atoms with Gasteiger partial charge in [-0.1, -0.05) is 48.2 Å². The van der Waals surface area contributed by atoms with Crippen LogP contribution in [-0.4, -0.2) is 21.1 Å². The summed E-state index contributed by atoms with van der Waals surface area (Å²) >= 11 is 1.34. The highest BCUT2D eigenvalue weighted by Crippen LogP contribution is 2.25. The molecule has 3 rings (SSSR count). The largest absolute Gasteiger partial charge is 0.325 e. The predicted octanol–water partition coefficient (Wildman–Crippen LogP) is 3.75. The van der Waals surface area contributed by atoms with Crippen molar-refractivity contribution >= 4 is 34.1 Å². The lowest BCUT2D eigenvalue weighted by Gasteiger charge is -2.12. The van der Waals surface area contributed by atoms with Gasteiger partial charge >= 0.3 is 0 Å². The molecule has 0 bridgehead atoms. The molecule has 1 heterocycles. The first-order valence-corrected chi connectivity index (χ1v) is 7.84. The predicted molar refractivity (Wildman–Crippen MR) is 89.9 cm³/mol. The first kappa shape index (κ1) is 14.5. The van der Waals surface area contributed by atoms with E-state index in [1.807, 2.05) is 49.4 Å². The zero-order valence-electron chi connectivity index (χ0n) is 12.1. The second-order valence-corrected chi connectivity index (χ2v) is 6.12. The Morgan fingerprint density at radius 1 is 1.05 bits per heavy atom. The number of nitrogens with zero attached hydrogens (tertiary/aromatic N) is 2. The molecule has 22 heavy (non-hydrogen) atoms. The van der Waals surface area contributed by atoms with Crippen molar-refractivity contribution in [3.05, 3.63) is 60.9 Å². The van der Waals surface area contributed by atoms with Gasteiger partial charge in [0.2, 0.25) is 5.91 Å². The highest BCUT2D eigenvalue weighted by Gasteiger charge is 2.16. The van der Waals surface area contributed by atoms with Crippen LogP contribution < -0.4 is 5.32 Å². The Hall–Kier alpha value is -2.40. The number of aromatic nitrogens is 2. The van der Waals surface area contributed by atoms with E-state index in [0.29, 0.717) is 5.16 Å². The van der Waals surface area contributed by atoms with Gasteiger partial charge in [0, 0.05) is 23.5 Å². The monoisotopic (exact) mass is 309 g/mol. The Labute approximate surface area is 133 Å². The van der Waals surface area contributed by atoms with Gasteiger partial charge in [-0.05, 0) is 24.4 Å². The van der Waals surface area contributed by atoms with E-state index < -0.39 is 0 Å². The molecule has 0 aliphatic rings. The van der Waals surface area contributed by atoms with Crippen LogP contribution in [0.2, 0.25) is 0 Å². The molecule has 1 N–H and O–H groups in total. The van der Waals surface area contributed by atoms with Crippen LogP contribution in [0.25, 0.3) is 10.8 Å². The lowest BCUT2D eigenvalue weighted by Crippen LogP contribution is -2.22. The highest BCUT2D eigenvalue weighted by molar-refractivity contribution is 8.00. The molecule has 0 aliphatic heterocycles. The molecule has 0 radical (unpaired) electrons. The van der Waals surface area contributed by atoms with E-state index in [1.54, 1.807) is 18.5 Å². The molecule has 4 nitrogen and oxygen atoms in total. The van der Waals surface area contributed by atoms with E-state index >= 15 is 0 Å². The number of nitrogens with one attached hydrogen (secondary N) is 1. The summed E-state index contributed by atoms with van der Waals surface area (Å²) in [5.41, 5.74) is 0.824. The van der Waals surface area contributed by atoms with Gasteiger partial charge in [0.25, 0.3) is 0 Å². The number of carbonyl (C=O) groups excluding carboxylic acids is 1. The fourth-order valence-corrected chi connectivity index (χ4v) is 2.85. The average molecular weight is 309 g/mol. The van der Waals surface area contributed by atoms with E-state index in [1.165, 1.54) is 11.8 Å². The fraction of sp³-hybridized carbons (Fsp3) is 0.118. The third-order valence-corrected chi connectivity index (χ3v) is 4.23. The SMILES string of the molecule is C[C@@H](Sc1ncccn1)C(=O)Nc1cccc2ccccc12. The van der Waals surface area contributed by atoms with Gasteiger partial charge in [0.05, 0.1) is 5.25 Å². The first-order valence-electron chi connectivity index (χ1n) is 6.96. The fourth-order valence-electron chi connectivity index (χ4n) is 2.13. The van der Waals surface area contributed by atoms with Crippen LogP contribution in [-0.2, 0) is 4.79 Å².